The predicted molar refractivity (Wildman–Crippen MR) is 53.9 cm³/mol. The molecule has 0 aliphatic carbocycles. The van der Waals surface area contributed by atoms with E-state index in [1.807, 2.05) is 0 Å². The Morgan fingerprint density at radius 3 is 2.23 bits per heavy atom. The van der Waals surface area contributed by atoms with Gasteiger partial charge in [-0.3, -0.25) is 9.59 Å². The maximum atomic E-state index is 10.8. The van der Waals surface area contributed by atoms with Crippen LogP contribution in [0.4, 0.5) is 0 Å². The molecule has 0 aromatic rings. The van der Waals surface area contributed by atoms with Gasteiger partial charge in [-0.15, -0.1) is 0 Å². The molecule has 4 heteroatoms. The molecule has 13 heavy (non-hydrogen) atoms. The normalized spacial score (nSPS) is 11.5. The lowest BCUT2D eigenvalue weighted by molar-refractivity contribution is -0.110. The third-order valence-corrected chi connectivity index (χ3v) is 1.94. The van der Waals surface area contributed by atoms with Gasteiger partial charge >= 0.3 is 0 Å². The maximum Gasteiger partial charge on any atom is 0.248 e. The van der Waals surface area contributed by atoms with E-state index < -0.39 is 10.5 Å². The summed E-state index contributed by atoms with van der Waals surface area (Å²) in [5, 5.41) is -1.24. The second-order valence-corrected chi connectivity index (χ2v) is 3.42. The number of carbonyl (C=O) groups excluding carboxylic acids is 2. The third-order valence-electron chi connectivity index (χ3n) is 1.59. The zero-order chi connectivity index (χ0) is 10.3. The van der Waals surface area contributed by atoms with E-state index in [4.69, 9.17) is 23.2 Å². The first-order valence-corrected chi connectivity index (χ1v) is 4.93. The maximum absolute atomic E-state index is 10.8. The zero-order valence-corrected chi connectivity index (χ0v) is 8.99. The van der Waals surface area contributed by atoms with Crippen LogP contribution >= 0.6 is 23.2 Å². The van der Waals surface area contributed by atoms with Crippen LogP contribution in [0.15, 0.2) is 11.6 Å². The van der Waals surface area contributed by atoms with E-state index in [0.717, 1.165) is 25.3 Å². The van der Waals surface area contributed by atoms with E-state index in [-0.39, 0.29) is 0 Å². The largest absolute Gasteiger partial charge is 0.276 e. The van der Waals surface area contributed by atoms with Crippen molar-refractivity contribution in [3.63, 3.8) is 0 Å². The van der Waals surface area contributed by atoms with Gasteiger partial charge in [0.25, 0.3) is 0 Å². The van der Waals surface area contributed by atoms with Crippen molar-refractivity contribution in [3.05, 3.63) is 11.6 Å². The summed E-state index contributed by atoms with van der Waals surface area (Å²) in [6.45, 7) is 2.05. The van der Waals surface area contributed by atoms with Crippen molar-refractivity contribution in [2.45, 2.75) is 32.6 Å². The fourth-order valence-corrected chi connectivity index (χ4v) is 1.21. The summed E-state index contributed by atoms with van der Waals surface area (Å²) in [5.41, 5.74) is 0.301. The molecule has 0 heterocycles. The van der Waals surface area contributed by atoms with Crippen molar-refractivity contribution in [1.82, 2.24) is 0 Å². The van der Waals surface area contributed by atoms with Gasteiger partial charge in [-0.05, 0) is 36.0 Å². The van der Waals surface area contributed by atoms with Gasteiger partial charge in [0, 0.05) is 11.6 Å². The van der Waals surface area contributed by atoms with Gasteiger partial charge in [0.15, 0.2) is 0 Å². The second kappa shape index (κ2) is 7.10. The zero-order valence-electron chi connectivity index (χ0n) is 7.48. The lowest BCUT2D eigenvalue weighted by Crippen LogP contribution is -1.96. The topological polar surface area (TPSA) is 34.1 Å². The Morgan fingerprint density at radius 2 is 1.85 bits per heavy atom. The number of rotatable bonds is 6. The summed E-state index contributed by atoms with van der Waals surface area (Å²) in [4.78, 5) is 21.2. The Bertz CT molecular complexity index is 222. The number of hydrogen-bond donors (Lipinski definition) is 0. The van der Waals surface area contributed by atoms with Gasteiger partial charge in [0.1, 0.15) is 0 Å². The quantitative estimate of drug-likeness (QED) is 0.394. The highest BCUT2D eigenvalue weighted by Crippen LogP contribution is 2.12. The molecule has 0 radical (unpaired) electrons. The van der Waals surface area contributed by atoms with Gasteiger partial charge in [-0.25, -0.2) is 0 Å². The minimum atomic E-state index is -0.652. The molecule has 0 unspecified atom stereocenters. The van der Waals surface area contributed by atoms with Crippen molar-refractivity contribution in [3.8, 4) is 0 Å². The van der Waals surface area contributed by atoms with Crippen molar-refractivity contribution in [2.24, 2.45) is 0 Å². The van der Waals surface area contributed by atoms with Gasteiger partial charge in [0.2, 0.25) is 10.5 Å². The molecule has 0 aliphatic heterocycles. The average molecular weight is 223 g/mol. The summed E-state index contributed by atoms with van der Waals surface area (Å²) in [6.07, 6.45) is 4.53. The van der Waals surface area contributed by atoms with Crippen LogP contribution in [0.25, 0.3) is 0 Å². The first kappa shape index (κ1) is 12.7. The molecule has 0 aliphatic rings. The smallest absolute Gasteiger partial charge is 0.248 e. The van der Waals surface area contributed by atoms with Crippen LogP contribution in [0, 0.1) is 0 Å². The molecular formula is C9H12Cl2O2. The van der Waals surface area contributed by atoms with E-state index in [9.17, 15) is 9.59 Å². The fraction of sp³-hybridized carbons (Fsp3) is 0.556. The highest BCUT2D eigenvalue weighted by atomic mass is 35.5. The molecule has 0 N–H and O–H groups in total. The van der Waals surface area contributed by atoms with Crippen LogP contribution in [0.2, 0.25) is 0 Å². The van der Waals surface area contributed by atoms with Crippen LogP contribution in [0.3, 0.4) is 0 Å². The van der Waals surface area contributed by atoms with E-state index >= 15 is 0 Å². The Morgan fingerprint density at radius 1 is 1.23 bits per heavy atom. The third kappa shape index (κ3) is 6.79. The SMILES string of the molecule is CCCCC/C(=C\C(=O)Cl)C(=O)Cl. The van der Waals surface area contributed by atoms with E-state index in [0.29, 0.717) is 12.0 Å². The van der Waals surface area contributed by atoms with Crippen molar-refractivity contribution < 1.29 is 9.59 Å². The Labute approximate surface area is 87.9 Å². The molecule has 0 aromatic heterocycles. The number of carbonyl (C=O) groups is 2. The summed E-state index contributed by atoms with van der Waals surface area (Å²) in [6, 6.07) is 0. The summed E-state index contributed by atoms with van der Waals surface area (Å²) >= 11 is 10.4. The van der Waals surface area contributed by atoms with E-state index in [1.54, 1.807) is 0 Å². The fourth-order valence-electron chi connectivity index (χ4n) is 0.930. The first-order valence-electron chi connectivity index (χ1n) is 4.17. The molecule has 0 saturated carbocycles. The van der Waals surface area contributed by atoms with Crippen molar-refractivity contribution in [1.29, 1.82) is 0 Å². The molecular weight excluding hydrogens is 211 g/mol. The Hall–Kier alpha value is -0.340. The molecule has 0 atom stereocenters. The van der Waals surface area contributed by atoms with Gasteiger partial charge in [-0.1, -0.05) is 19.8 Å². The lowest BCUT2D eigenvalue weighted by Gasteiger charge is -1.99. The Balaban J connectivity index is 4.11. The molecule has 0 amide bonds. The number of halogens is 2. The number of unbranched alkanes of at least 4 members (excludes halogenated alkanes) is 2. The molecule has 0 fully saturated rings. The minimum Gasteiger partial charge on any atom is -0.276 e. The molecule has 2 nitrogen and oxygen atoms in total. The van der Waals surface area contributed by atoms with Crippen LogP contribution in [-0.4, -0.2) is 10.5 Å². The Kier molecular flexibility index (Phi) is 6.92. The molecule has 74 valence electrons. The van der Waals surface area contributed by atoms with E-state index in [1.165, 1.54) is 0 Å². The van der Waals surface area contributed by atoms with Crippen LogP contribution in [-0.2, 0) is 9.59 Å². The van der Waals surface area contributed by atoms with Crippen LogP contribution in [0.5, 0.6) is 0 Å². The number of hydrogen-bond acceptors (Lipinski definition) is 2. The van der Waals surface area contributed by atoms with Crippen LogP contribution in [0.1, 0.15) is 32.6 Å². The monoisotopic (exact) mass is 222 g/mol. The highest BCUT2D eigenvalue weighted by molar-refractivity contribution is 6.70. The van der Waals surface area contributed by atoms with E-state index in [2.05, 4.69) is 6.92 Å². The predicted octanol–water partition coefficient (Wildman–Crippen LogP) is 3.02. The average Bonchev–Trinajstić information content (AvgIpc) is 2.02. The highest BCUT2D eigenvalue weighted by Gasteiger charge is 2.07. The summed E-state index contributed by atoms with van der Waals surface area (Å²) in [7, 11) is 0. The summed E-state index contributed by atoms with van der Waals surface area (Å²) in [5.74, 6) is 0. The lowest BCUT2D eigenvalue weighted by atomic mass is 10.1. The number of allylic oxidation sites excluding steroid dienone is 2. The molecule has 0 spiro atoms. The second-order valence-electron chi connectivity index (χ2n) is 2.70. The minimum absolute atomic E-state index is 0.301. The summed E-state index contributed by atoms with van der Waals surface area (Å²) < 4.78 is 0. The molecule has 0 saturated heterocycles. The van der Waals surface area contributed by atoms with Gasteiger partial charge in [0.05, 0.1) is 0 Å². The van der Waals surface area contributed by atoms with Gasteiger partial charge in [-0.2, -0.15) is 0 Å². The van der Waals surface area contributed by atoms with Gasteiger partial charge < -0.3 is 0 Å². The van der Waals surface area contributed by atoms with Crippen molar-refractivity contribution >= 4 is 33.7 Å². The van der Waals surface area contributed by atoms with Crippen molar-refractivity contribution in [2.75, 3.05) is 0 Å². The first-order chi connectivity index (χ1) is 6.07. The molecule has 0 rings (SSSR count). The van der Waals surface area contributed by atoms with Crippen LogP contribution < -0.4 is 0 Å². The molecule has 0 bridgehead atoms. The molecule has 0 aromatic carbocycles. The standard InChI is InChI=1S/C9H12Cl2O2/c1-2-3-4-5-7(9(11)13)6-8(10)12/h6H,2-5H2,1H3/b7-6+.